The van der Waals surface area contributed by atoms with Gasteiger partial charge in [-0.1, -0.05) is 24.4 Å². The molecular formula is C18H25ClN2O4. The van der Waals surface area contributed by atoms with Crippen molar-refractivity contribution >= 4 is 29.1 Å². The largest absolute Gasteiger partial charge is 0.495 e. The van der Waals surface area contributed by atoms with Crippen LogP contribution in [0.25, 0.3) is 0 Å². The predicted octanol–water partition coefficient (Wildman–Crippen LogP) is 3.48. The summed E-state index contributed by atoms with van der Waals surface area (Å²) in [5.41, 5.74) is 0.490. The van der Waals surface area contributed by atoms with Crippen LogP contribution in [-0.2, 0) is 9.59 Å². The van der Waals surface area contributed by atoms with E-state index in [-0.39, 0.29) is 24.3 Å². The SMILES string of the molecule is COc1cc(NC(=O)CCN(C(C)=O)C2CCCC2)c(OC)cc1Cl. The zero-order valence-corrected chi connectivity index (χ0v) is 15.7. The Morgan fingerprint density at radius 1 is 1.20 bits per heavy atom. The zero-order chi connectivity index (χ0) is 18.4. The number of methoxy groups -OCH3 is 2. The molecule has 0 unspecified atom stereocenters. The number of benzene rings is 1. The van der Waals surface area contributed by atoms with Crippen molar-refractivity contribution in [1.82, 2.24) is 4.90 Å². The number of carbonyl (C=O) groups excluding carboxylic acids is 2. The first kappa shape index (κ1) is 19.4. The van der Waals surface area contributed by atoms with E-state index in [1.54, 1.807) is 19.1 Å². The number of ether oxygens (including phenoxy) is 2. The van der Waals surface area contributed by atoms with Gasteiger partial charge in [-0.25, -0.2) is 0 Å². The molecule has 1 saturated carbocycles. The van der Waals surface area contributed by atoms with Gasteiger partial charge in [0.1, 0.15) is 11.5 Å². The minimum Gasteiger partial charge on any atom is -0.495 e. The number of nitrogens with zero attached hydrogens (tertiary/aromatic N) is 1. The molecule has 7 heteroatoms. The van der Waals surface area contributed by atoms with E-state index in [9.17, 15) is 9.59 Å². The second-order valence-electron chi connectivity index (χ2n) is 6.14. The maximum absolute atomic E-state index is 12.3. The first-order valence-corrected chi connectivity index (χ1v) is 8.82. The van der Waals surface area contributed by atoms with Gasteiger partial charge in [0.15, 0.2) is 0 Å². The smallest absolute Gasteiger partial charge is 0.226 e. The lowest BCUT2D eigenvalue weighted by molar-refractivity contribution is -0.131. The van der Waals surface area contributed by atoms with Crippen LogP contribution in [0.2, 0.25) is 5.02 Å². The molecule has 6 nitrogen and oxygen atoms in total. The minimum atomic E-state index is -0.188. The van der Waals surface area contributed by atoms with Gasteiger partial charge >= 0.3 is 0 Å². The van der Waals surface area contributed by atoms with Crippen LogP contribution in [0, 0.1) is 0 Å². The van der Waals surface area contributed by atoms with Crippen LogP contribution in [0.4, 0.5) is 5.69 Å². The van der Waals surface area contributed by atoms with Gasteiger partial charge < -0.3 is 19.7 Å². The van der Waals surface area contributed by atoms with Gasteiger partial charge in [-0.2, -0.15) is 0 Å². The summed E-state index contributed by atoms with van der Waals surface area (Å²) >= 11 is 6.07. The normalized spacial score (nSPS) is 14.2. The molecule has 138 valence electrons. The quantitative estimate of drug-likeness (QED) is 0.800. The van der Waals surface area contributed by atoms with Crippen LogP contribution in [0.15, 0.2) is 12.1 Å². The molecule has 1 N–H and O–H groups in total. The Morgan fingerprint density at radius 3 is 2.40 bits per heavy atom. The highest BCUT2D eigenvalue weighted by Crippen LogP contribution is 2.36. The number of anilines is 1. The van der Waals surface area contributed by atoms with E-state index in [0.717, 1.165) is 25.7 Å². The molecule has 0 saturated heterocycles. The summed E-state index contributed by atoms with van der Waals surface area (Å²) in [7, 11) is 3.01. The highest BCUT2D eigenvalue weighted by molar-refractivity contribution is 6.32. The molecule has 0 atom stereocenters. The van der Waals surface area contributed by atoms with Crippen LogP contribution in [0.3, 0.4) is 0 Å². The second kappa shape index (κ2) is 8.94. The van der Waals surface area contributed by atoms with E-state index in [1.165, 1.54) is 14.2 Å². The van der Waals surface area contributed by atoms with E-state index < -0.39 is 0 Å². The molecule has 1 aromatic rings. The Balaban J connectivity index is 2.00. The Hall–Kier alpha value is -1.95. The molecule has 1 aliphatic carbocycles. The van der Waals surface area contributed by atoms with E-state index in [2.05, 4.69) is 5.32 Å². The van der Waals surface area contributed by atoms with Crippen molar-refractivity contribution in [1.29, 1.82) is 0 Å². The Morgan fingerprint density at radius 2 is 1.84 bits per heavy atom. The van der Waals surface area contributed by atoms with Crippen LogP contribution >= 0.6 is 11.6 Å². The Kier molecular flexibility index (Phi) is 6.93. The molecule has 25 heavy (non-hydrogen) atoms. The summed E-state index contributed by atoms with van der Waals surface area (Å²) < 4.78 is 10.4. The summed E-state index contributed by atoms with van der Waals surface area (Å²) in [5, 5.41) is 3.21. The van der Waals surface area contributed by atoms with Crippen molar-refractivity contribution in [3.05, 3.63) is 17.2 Å². The predicted molar refractivity (Wildman–Crippen MR) is 97.4 cm³/mol. The number of hydrogen-bond acceptors (Lipinski definition) is 4. The summed E-state index contributed by atoms with van der Waals surface area (Å²) in [5.74, 6) is 0.741. The van der Waals surface area contributed by atoms with Crippen molar-refractivity contribution in [3.8, 4) is 11.5 Å². The van der Waals surface area contributed by atoms with Crippen LogP contribution < -0.4 is 14.8 Å². The number of hydrogen-bond donors (Lipinski definition) is 1. The molecule has 2 rings (SSSR count). The van der Waals surface area contributed by atoms with Gasteiger partial charge in [0, 0.05) is 38.1 Å². The molecule has 0 spiro atoms. The van der Waals surface area contributed by atoms with Gasteiger partial charge in [0.05, 0.1) is 24.9 Å². The van der Waals surface area contributed by atoms with Crippen LogP contribution in [0.1, 0.15) is 39.0 Å². The highest BCUT2D eigenvalue weighted by Gasteiger charge is 2.25. The summed E-state index contributed by atoms with van der Waals surface area (Å²) in [6.07, 6.45) is 4.54. The van der Waals surface area contributed by atoms with Gasteiger partial charge in [-0.05, 0) is 12.8 Å². The Bertz CT molecular complexity index is 630. The van der Waals surface area contributed by atoms with E-state index in [1.807, 2.05) is 4.90 Å². The third kappa shape index (κ3) is 5.01. The third-order valence-corrected chi connectivity index (χ3v) is 4.79. The summed E-state index contributed by atoms with van der Waals surface area (Å²) in [6.45, 7) is 1.97. The summed E-state index contributed by atoms with van der Waals surface area (Å²) in [4.78, 5) is 26.0. The van der Waals surface area contributed by atoms with Crippen molar-refractivity contribution in [2.24, 2.45) is 0 Å². The van der Waals surface area contributed by atoms with Crippen molar-refractivity contribution < 1.29 is 19.1 Å². The maximum atomic E-state index is 12.3. The second-order valence-corrected chi connectivity index (χ2v) is 6.54. The molecule has 0 bridgehead atoms. The summed E-state index contributed by atoms with van der Waals surface area (Å²) in [6, 6.07) is 3.48. The van der Waals surface area contributed by atoms with Gasteiger partial charge in [0.2, 0.25) is 11.8 Å². The van der Waals surface area contributed by atoms with E-state index in [0.29, 0.717) is 28.8 Å². The fourth-order valence-corrected chi connectivity index (χ4v) is 3.44. The number of carbonyl (C=O) groups is 2. The van der Waals surface area contributed by atoms with E-state index in [4.69, 9.17) is 21.1 Å². The molecule has 2 amide bonds. The molecule has 0 aliphatic heterocycles. The van der Waals surface area contributed by atoms with Gasteiger partial charge in [-0.15, -0.1) is 0 Å². The average molecular weight is 369 g/mol. The lowest BCUT2D eigenvalue weighted by atomic mass is 10.2. The van der Waals surface area contributed by atoms with E-state index >= 15 is 0 Å². The lowest BCUT2D eigenvalue weighted by Gasteiger charge is -2.27. The molecule has 1 aliphatic rings. The standard InChI is InChI=1S/C18H25ClN2O4/c1-12(22)21(13-6-4-5-7-13)9-8-18(23)20-15-11-16(24-2)14(19)10-17(15)25-3/h10-11,13H,4-9H2,1-3H3,(H,20,23). The number of rotatable bonds is 7. The molecular weight excluding hydrogens is 344 g/mol. The fraction of sp³-hybridized carbons (Fsp3) is 0.556. The highest BCUT2D eigenvalue weighted by atomic mass is 35.5. The molecule has 1 fully saturated rings. The van der Waals surface area contributed by atoms with Crippen LogP contribution in [0.5, 0.6) is 11.5 Å². The average Bonchev–Trinajstić information content (AvgIpc) is 3.10. The molecule has 1 aromatic carbocycles. The maximum Gasteiger partial charge on any atom is 0.226 e. The monoisotopic (exact) mass is 368 g/mol. The number of nitrogens with one attached hydrogen (secondary N) is 1. The Labute approximate surface area is 153 Å². The molecule has 0 heterocycles. The minimum absolute atomic E-state index is 0.0189. The van der Waals surface area contributed by atoms with Crippen molar-refractivity contribution in [3.63, 3.8) is 0 Å². The lowest BCUT2D eigenvalue weighted by Crippen LogP contribution is -2.39. The molecule has 0 aromatic heterocycles. The van der Waals surface area contributed by atoms with Crippen LogP contribution in [-0.4, -0.2) is 43.5 Å². The topological polar surface area (TPSA) is 67.9 Å². The first-order valence-electron chi connectivity index (χ1n) is 8.44. The number of amides is 2. The first-order chi connectivity index (χ1) is 12.0. The number of halogens is 1. The van der Waals surface area contributed by atoms with Gasteiger partial charge in [-0.3, -0.25) is 9.59 Å². The third-order valence-electron chi connectivity index (χ3n) is 4.50. The zero-order valence-electron chi connectivity index (χ0n) is 14.9. The van der Waals surface area contributed by atoms with Crippen molar-refractivity contribution in [2.75, 3.05) is 26.1 Å². The molecule has 0 radical (unpaired) electrons. The van der Waals surface area contributed by atoms with Gasteiger partial charge in [0.25, 0.3) is 0 Å². The van der Waals surface area contributed by atoms with Crippen molar-refractivity contribution in [2.45, 2.75) is 45.1 Å². The fourth-order valence-electron chi connectivity index (χ4n) is 3.21.